The molecular weight excluding hydrogens is 386 g/mol. The molecule has 0 radical (unpaired) electrons. The molecule has 28 heavy (non-hydrogen) atoms. The number of benzene rings is 2. The molecule has 0 fully saturated rings. The fraction of sp³-hybridized carbons (Fsp3) is 0.250. The highest BCUT2D eigenvalue weighted by molar-refractivity contribution is 6.30. The number of rotatable bonds is 10. The second-order valence-corrected chi connectivity index (χ2v) is 6.38. The SMILES string of the molecule is O=C(O)CCC(=O)N(CCCOc1ccc(C(=O)O)cc1)c1ccc(Cl)cc1. The third kappa shape index (κ3) is 6.59. The van der Waals surface area contributed by atoms with E-state index in [1.165, 1.54) is 17.0 Å². The quantitative estimate of drug-likeness (QED) is 0.584. The molecule has 7 nitrogen and oxygen atoms in total. The fourth-order valence-electron chi connectivity index (χ4n) is 2.47. The summed E-state index contributed by atoms with van der Waals surface area (Å²) < 4.78 is 5.58. The normalized spacial score (nSPS) is 10.3. The molecule has 0 aliphatic carbocycles. The minimum atomic E-state index is -1.03. The Hall–Kier alpha value is -3.06. The number of carbonyl (C=O) groups excluding carboxylic acids is 1. The average molecular weight is 406 g/mol. The van der Waals surface area contributed by atoms with Gasteiger partial charge in [0.15, 0.2) is 0 Å². The number of carboxylic acid groups (broad SMARTS) is 2. The lowest BCUT2D eigenvalue weighted by Gasteiger charge is -2.23. The van der Waals surface area contributed by atoms with Crippen LogP contribution in [0.2, 0.25) is 5.02 Å². The number of halogens is 1. The Morgan fingerprint density at radius 1 is 0.929 bits per heavy atom. The molecule has 0 bridgehead atoms. The van der Waals surface area contributed by atoms with Crippen molar-refractivity contribution >= 4 is 35.1 Å². The van der Waals surface area contributed by atoms with Crippen LogP contribution in [0.5, 0.6) is 5.75 Å². The van der Waals surface area contributed by atoms with E-state index in [4.69, 9.17) is 26.6 Å². The predicted molar refractivity (Wildman–Crippen MR) is 104 cm³/mol. The van der Waals surface area contributed by atoms with Crippen molar-refractivity contribution in [2.75, 3.05) is 18.1 Å². The summed E-state index contributed by atoms with van der Waals surface area (Å²) in [7, 11) is 0. The molecule has 1 amide bonds. The Morgan fingerprint density at radius 2 is 1.57 bits per heavy atom. The van der Waals surface area contributed by atoms with Crippen LogP contribution in [0.3, 0.4) is 0 Å². The molecule has 0 aliphatic heterocycles. The highest BCUT2D eigenvalue weighted by Gasteiger charge is 2.16. The lowest BCUT2D eigenvalue weighted by atomic mass is 10.2. The molecule has 0 saturated carbocycles. The van der Waals surface area contributed by atoms with E-state index in [1.54, 1.807) is 36.4 Å². The lowest BCUT2D eigenvalue weighted by molar-refractivity contribution is -0.138. The third-order valence-corrected chi connectivity index (χ3v) is 4.14. The summed E-state index contributed by atoms with van der Waals surface area (Å²) in [5, 5.41) is 18.2. The van der Waals surface area contributed by atoms with Crippen molar-refractivity contribution in [3.05, 3.63) is 59.1 Å². The number of carbonyl (C=O) groups is 3. The van der Waals surface area contributed by atoms with Gasteiger partial charge < -0.3 is 19.8 Å². The number of hydrogen-bond acceptors (Lipinski definition) is 4. The zero-order chi connectivity index (χ0) is 20.5. The molecule has 0 unspecified atom stereocenters. The summed E-state index contributed by atoms with van der Waals surface area (Å²) in [6.07, 6.45) is 0.160. The first-order valence-corrected chi connectivity index (χ1v) is 8.98. The first-order valence-electron chi connectivity index (χ1n) is 8.60. The zero-order valence-corrected chi connectivity index (χ0v) is 15.8. The number of aromatic carboxylic acids is 1. The number of aliphatic carboxylic acids is 1. The van der Waals surface area contributed by atoms with Gasteiger partial charge in [-0.3, -0.25) is 9.59 Å². The number of amides is 1. The number of anilines is 1. The van der Waals surface area contributed by atoms with Crippen molar-refractivity contribution in [1.29, 1.82) is 0 Å². The van der Waals surface area contributed by atoms with Gasteiger partial charge in [0, 0.05) is 23.7 Å². The molecule has 0 heterocycles. The van der Waals surface area contributed by atoms with Gasteiger partial charge in [0.25, 0.3) is 0 Å². The van der Waals surface area contributed by atoms with E-state index >= 15 is 0 Å². The zero-order valence-electron chi connectivity index (χ0n) is 15.0. The maximum Gasteiger partial charge on any atom is 0.335 e. The molecule has 2 N–H and O–H groups in total. The molecule has 0 spiro atoms. The Balaban J connectivity index is 1.94. The highest BCUT2D eigenvalue weighted by atomic mass is 35.5. The van der Waals surface area contributed by atoms with Gasteiger partial charge in [-0.25, -0.2) is 4.79 Å². The standard InChI is InChI=1S/C20H20ClNO6/c21-15-4-6-16(7-5-15)22(18(23)10-11-19(24)25)12-1-13-28-17-8-2-14(3-9-17)20(26)27/h2-9H,1,10-13H2,(H,24,25)(H,26,27). The third-order valence-electron chi connectivity index (χ3n) is 3.89. The minimum absolute atomic E-state index is 0.102. The van der Waals surface area contributed by atoms with Crippen molar-refractivity contribution in [3.63, 3.8) is 0 Å². The van der Waals surface area contributed by atoms with Crippen LogP contribution in [-0.4, -0.2) is 41.2 Å². The van der Waals surface area contributed by atoms with Gasteiger partial charge >= 0.3 is 11.9 Å². The van der Waals surface area contributed by atoms with Crippen LogP contribution in [0.4, 0.5) is 5.69 Å². The summed E-state index contributed by atoms with van der Waals surface area (Å²) in [5.41, 5.74) is 0.802. The molecule has 8 heteroatoms. The van der Waals surface area contributed by atoms with Crippen LogP contribution in [0, 0.1) is 0 Å². The number of carboxylic acids is 2. The Labute approximate surface area is 167 Å². The molecule has 0 saturated heterocycles. The smallest absolute Gasteiger partial charge is 0.335 e. The van der Waals surface area contributed by atoms with E-state index in [1.807, 2.05) is 0 Å². The van der Waals surface area contributed by atoms with Crippen LogP contribution in [0.1, 0.15) is 29.6 Å². The maximum atomic E-state index is 12.4. The molecule has 0 atom stereocenters. The number of ether oxygens (including phenoxy) is 1. The monoisotopic (exact) mass is 405 g/mol. The van der Waals surface area contributed by atoms with Crippen molar-refractivity contribution in [3.8, 4) is 5.75 Å². The topological polar surface area (TPSA) is 104 Å². The Kier molecular flexibility index (Phi) is 7.83. The average Bonchev–Trinajstić information content (AvgIpc) is 2.67. The summed E-state index contributed by atoms with van der Waals surface area (Å²) >= 11 is 5.89. The van der Waals surface area contributed by atoms with Gasteiger partial charge in [-0.05, 0) is 55.0 Å². The van der Waals surface area contributed by atoms with Crippen molar-refractivity contribution in [2.45, 2.75) is 19.3 Å². The van der Waals surface area contributed by atoms with E-state index in [0.717, 1.165) is 0 Å². The van der Waals surface area contributed by atoms with Crippen LogP contribution < -0.4 is 9.64 Å². The Morgan fingerprint density at radius 3 is 2.14 bits per heavy atom. The summed E-state index contributed by atoms with van der Waals surface area (Å²) in [6, 6.07) is 12.8. The van der Waals surface area contributed by atoms with Crippen LogP contribution in [0.15, 0.2) is 48.5 Å². The van der Waals surface area contributed by atoms with Gasteiger partial charge in [-0.2, -0.15) is 0 Å². The van der Waals surface area contributed by atoms with Crippen molar-refractivity contribution in [1.82, 2.24) is 0 Å². The first-order chi connectivity index (χ1) is 13.4. The summed E-state index contributed by atoms with van der Waals surface area (Å²) in [4.78, 5) is 35.5. The number of nitrogens with zero attached hydrogens (tertiary/aromatic N) is 1. The molecule has 2 aromatic rings. The van der Waals surface area contributed by atoms with E-state index in [0.29, 0.717) is 36.0 Å². The molecule has 0 aliphatic rings. The van der Waals surface area contributed by atoms with E-state index in [-0.39, 0.29) is 24.3 Å². The fourth-order valence-corrected chi connectivity index (χ4v) is 2.60. The van der Waals surface area contributed by atoms with Crippen molar-refractivity contribution < 1.29 is 29.3 Å². The van der Waals surface area contributed by atoms with E-state index in [2.05, 4.69) is 0 Å². The van der Waals surface area contributed by atoms with Gasteiger partial charge in [0.2, 0.25) is 5.91 Å². The van der Waals surface area contributed by atoms with Crippen molar-refractivity contribution in [2.24, 2.45) is 0 Å². The second-order valence-electron chi connectivity index (χ2n) is 5.95. The van der Waals surface area contributed by atoms with Gasteiger partial charge in [-0.15, -0.1) is 0 Å². The molecule has 2 aromatic carbocycles. The highest BCUT2D eigenvalue weighted by Crippen LogP contribution is 2.20. The molecule has 0 aromatic heterocycles. The minimum Gasteiger partial charge on any atom is -0.494 e. The van der Waals surface area contributed by atoms with Crippen LogP contribution in [-0.2, 0) is 9.59 Å². The molecular formula is C20H20ClNO6. The second kappa shape index (κ2) is 10.3. The van der Waals surface area contributed by atoms with E-state index in [9.17, 15) is 14.4 Å². The summed E-state index contributed by atoms with van der Waals surface area (Å²) in [5.74, 6) is -1.81. The van der Waals surface area contributed by atoms with Crippen LogP contribution in [0.25, 0.3) is 0 Å². The largest absolute Gasteiger partial charge is 0.494 e. The lowest BCUT2D eigenvalue weighted by Crippen LogP contribution is -2.32. The predicted octanol–water partition coefficient (Wildman–Crippen LogP) is 3.71. The summed E-state index contributed by atoms with van der Waals surface area (Å²) in [6.45, 7) is 0.649. The van der Waals surface area contributed by atoms with Gasteiger partial charge in [-0.1, -0.05) is 11.6 Å². The van der Waals surface area contributed by atoms with Gasteiger partial charge in [0.1, 0.15) is 5.75 Å². The number of hydrogen-bond donors (Lipinski definition) is 2. The van der Waals surface area contributed by atoms with Gasteiger partial charge in [0.05, 0.1) is 18.6 Å². The van der Waals surface area contributed by atoms with E-state index < -0.39 is 11.9 Å². The maximum absolute atomic E-state index is 12.4. The molecule has 2 rings (SSSR count). The first kappa shape index (κ1) is 21.2. The molecule has 148 valence electrons. The van der Waals surface area contributed by atoms with Crippen LogP contribution >= 0.6 is 11.6 Å². The Bertz CT molecular complexity index is 820.